The first kappa shape index (κ1) is 24.1. The van der Waals surface area contributed by atoms with Gasteiger partial charge in [0.15, 0.2) is 5.78 Å². The van der Waals surface area contributed by atoms with E-state index in [1.54, 1.807) is 6.08 Å². The Morgan fingerprint density at radius 3 is 2.00 bits per heavy atom. The molecule has 0 amide bonds. The van der Waals surface area contributed by atoms with Gasteiger partial charge in [-0.3, -0.25) is 4.79 Å². The van der Waals surface area contributed by atoms with Crippen molar-refractivity contribution in [3.8, 4) is 0 Å². The maximum absolute atomic E-state index is 13.4. The van der Waals surface area contributed by atoms with Crippen LogP contribution in [0.1, 0.15) is 27.0 Å². The molecule has 4 heteroatoms. The minimum atomic E-state index is -0.0448. The molecule has 1 aliphatic rings. The van der Waals surface area contributed by atoms with Crippen LogP contribution in [0.25, 0.3) is 11.3 Å². The Balaban J connectivity index is 1.64. The molecule has 0 radical (unpaired) electrons. The highest BCUT2D eigenvalue weighted by molar-refractivity contribution is 9.10. The van der Waals surface area contributed by atoms with E-state index in [1.807, 2.05) is 84.9 Å². The molecule has 0 atom stereocenters. The number of nitrogens with zero attached hydrogens (tertiary/aromatic N) is 1. The summed E-state index contributed by atoms with van der Waals surface area (Å²) in [5.41, 5.74) is 6.83. The van der Waals surface area contributed by atoms with E-state index in [2.05, 4.69) is 57.2 Å². The zero-order valence-electron chi connectivity index (χ0n) is 19.4. The number of carbonyl (C=O) groups is 1. The quantitative estimate of drug-likeness (QED) is 0.176. The zero-order chi connectivity index (χ0) is 24.9. The predicted molar refractivity (Wildman–Crippen MR) is 152 cm³/mol. The zero-order valence-corrected chi connectivity index (χ0v) is 21.8. The molecule has 0 bridgehead atoms. The summed E-state index contributed by atoms with van der Waals surface area (Å²) in [4.78, 5) is 15.6. The lowest BCUT2D eigenvalue weighted by atomic mass is 9.95. The third kappa shape index (κ3) is 5.59. The van der Waals surface area contributed by atoms with Gasteiger partial charge in [-0.1, -0.05) is 100 Å². The molecular weight excluding hydrogens is 530 g/mol. The molecule has 0 saturated carbocycles. The van der Waals surface area contributed by atoms with Crippen LogP contribution >= 0.6 is 27.5 Å². The van der Waals surface area contributed by atoms with Crippen molar-refractivity contribution < 1.29 is 4.79 Å². The van der Waals surface area contributed by atoms with Crippen LogP contribution in [-0.4, -0.2) is 10.7 Å². The van der Waals surface area contributed by atoms with Crippen molar-refractivity contribution in [1.82, 2.24) is 4.90 Å². The molecule has 0 N–H and O–H groups in total. The Morgan fingerprint density at radius 2 is 1.36 bits per heavy atom. The van der Waals surface area contributed by atoms with Gasteiger partial charge in [0, 0.05) is 39.1 Å². The van der Waals surface area contributed by atoms with Crippen LogP contribution in [-0.2, 0) is 6.54 Å². The molecule has 0 saturated heterocycles. The van der Waals surface area contributed by atoms with Gasteiger partial charge in [0.2, 0.25) is 0 Å². The third-order valence-corrected chi connectivity index (χ3v) is 6.82. The van der Waals surface area contributed by atoms with Gasteiger partial charge in [0.1, 0.15) is 0 Å². The van der Waals surface area contributed by atoms with Crippen molar-refractivity contribution in [3.05, 3.63) is 165 Å². The van der Waals surface area contributed by atoms with Crippen LogP contribution in [0.4, 0.5) is 0 Å². The first-order chi connectivity index (χ1) is 17.6. The Labute approximate surface area is 225 Å². The molecule has 1 aliphatic heterocycles. The number of ketones is 1. The first-order valence-electron chi connectivity index (χ1n) is 11.6. The monoisotopic (exact) mass is 551 g/mol. The Bertz CT molecular complexity index is 1450. The lowest BCUT2D eigenvalue weighted by Crippen LogP contribution is -2.24. The fourth-order valence-corrected chi connectivity index (χ4v) is 4.58. The van der Waals surface area contributed by atoms with Gasteiger partial charge in [0.05, 0.1) is 0 Å². The summed E-state index contributed by atoms with van der Waals surface area (Å²) in [6.45, 7) is 0.593. The lowest BCUT2D eigenvalue weighted by Gasteiger charge is -2.33. The van der Waals surface area contributed by atoms with Crippen LogP contribution in [0.15, 0.2) is 138 Å². The van der Waals surface area contributed by atoms with Crippen molar-refractivity contribution >= 4 is 44.6 Å². The molecule has 1 heterocycles. The number of carbonyl (C=O) groups excluding carboxylic acids is 1. The highest BCUT2D eigenvalue weighted by Gasteiger charge is 2.22. The standard InChI is InChI=1S/C32H23BrClNO/c33-28-15-13-26(14-16-28)32(36)21-30-19-27(24-7-3-1-4-8-24)20-31(25-9-5-2-6-10-25)35(30)22-23-11-17-29(34)18-12-23/h1-21H,22H2/b30-21+. The summed E-state index contributed by atoms with van der Waals surface area (Å²) < 4.78 is 0.939. The van der Waals surface area contributed by atoms with Gasteiger partial charge >= 0.3 is 0 Å². The Kier molecular flexibility index (Phi) is 7.31. The molecule has 0 fully saturated rings. The second kappa shape index (κ2) is 10.9. The van der Waals surface area contributed by atoms with E-state index in [0.717, 1.165) is 38.1 Å². The van der Waals surface area contributed by atoms with Crippen molar-refractivity contribution in [2.24, 2.45) is 0 Å². The molecule has 0 spiro atoms. The Hall–Kier alpha value is -3.66. The summed E-state index contributed by atoms with van der Waals surface area (Å²) >= 11 is 9.60. The number of hydrogen-bond acceptors (Lipinski definition) is 2. The first-order valence-corrected chi connectivity index (χ1v) is 12.8. The van der Waals surface area contributed by atoms with Gasteiger partial charge in [-0.15, -0.1) is 0 Å². The molecule has 0 aromatic heterocycles. The number of halogens is 2. The molecule has 5 rings (SSSR count). The summed E-state index contributed by atoms with van der Waals surface area (Å²) in [5, 5.41) is 0.698. The van der Waals surface area contributed by atoms with Crippen LogP contribution < -0.4 is 0 Å². The van der Waals surface area contributed by atoms with E-state index in [4.69, 9.17) is 11.6 Å². The summed E-state index contributed by atoms with van der Waals surface area (Å²) in [6, 6.07) is 35.8. The molecule has 2 nitrogen and oxygen atoms in total. The third-order valence-electron chi connectivity index (χ3n) is 6.04. The van der Waals surface area contributed by atoms with Crippen molar-refractivity contribution in [1.29, 1.82) is 0 Å². The number of hydrogen-bond donors (Lipinski definition) is 0. The molecule has 4 aromatic carbocycles. The van der Waals surface area contributed by atoms with Gasteiger partial charge in [-0.25, -0.2) is 0 Å². The van der Waals surface area contributed by atoms with Crippen molar-refractivity contribution in [2.45, 2.75) is 6.54 Å². The van der Waals surface area contributed by atoms with Crippen LogP contribution in [0.3, 0.4) is 0 Å². The Morgan fingerprint density at radius 1 is 0.750 bits per heavy atom. The maximum atomic E-state index is 13.4. The van der Waals surface area contributed by atoms with E-state index >= 15 is 0 Å². The van der Waals surface area contributed by atoms with E-state index in [-0.39, 0.29) is 5.78 Å². The van der Waals surface area contributed by atoms with Gasteiger partial charge in [-0.2, -0.15) is 0 Å². The van der Waals surface area contributed by atoms with E-state index in [0.29, 0.717) is 17.1 Å². The van der Waals surface area contributed by atoms with Crippen LogP contribution in [0.2, 0.25) is 5.02 Å². The SMILES string of the molecule is O=C(/C=C1\C=C(c2ccccc2)C=C(c2ccccc2)N1Cc1ccc(Cl)cc1)c1ccc(Br)cc1. The highest BCUT2D eigenvalue weighted by Crippen LogP contribution is 2.36. The van der Waals surface area contributed by atoms with Gasteiger partial charge in [0.25, 0.3) is 0 Å². The molecule has 36 heavy (non-hydrogen) atoms. The van der Waals surface area contributed by atoms with Crippen LogP contribution in [0.5, 0.6) is 0 Å². The summed E-state index contributed by atoms with van der Waals surface area (Å²) in [6.07, 6.45) is 6.02. The summed E-state index contributed by atoms with van der Waals surface area (Å²) in [7, 11) is 0. The lowest BCUT2D eigenvalue weighted by molar-refractivity contribution is 0.104. The van der Waals surface area contributed by atoms with E-state index in [1.165, 1.54) is 0 Å². The molecule has 0 aliphatic carbocycles. The normalized spacial score (nSPS) is 14.4. The average Bonchev–Trinajstić information content (AvgIpc) is 2.92. The topological polar surface area (TPSA) is 20.3 Å². The van der Waals surface area contributed by atoms with E-state index < -0.39 is 0 Å². The molecular formula is C32H23BrClNO. The largest absolute Gasteiger partial charge is 0.336 e. The molecule has 0 unspecified atom stereocenters. The molecule has 176 valence electrons. The fraction of sp³-hybridized carbons (Fsp3) is 0.0312. The minimum absolute atomic E-state index is 0.0448. The van der Waals surface area contributed by atoms with Crippen molar-refractivity contribution in [2.75, 3.05) is 0 Å². The number of allylic oxidation sites excluding steroid dienone is 4. The van der Waals surface area contributed by atoms with Crippen molar-refractivity contribution in [3.63, 3.8) is 0 Å². The highest BCUT2D eigenvalue weighted by atomic mass is 79.9. The van der Waals surface area contributed by atoms with Crippen LogP contribution in [0, 0.1) is 0 Å². The molecule has 4 aromatic rings. The van der Waals surface area contributed by atoms with Gasteiger partial charge < -0.3 is 4.90 Å². The van der Waals surface area contributed by atoms with E-state index in [9.17, 15) is 4.79 Å². The summed E-state index contributed by atoms with van der Waals surface area (Å²) in [5.74, 6) is -0.0448. The minimum Gasteiger partial charge on any atom is -0.336 e. The maximum Gasteiger partial charge on any atom is 0.187 e. The van der Waals surface area contributed by atoms with Gasteiger partial charge in [-0.05, 0) is 70.8 Å². The smallest absolute Gasteiger partial charge is 0.187 e. The number of benzene rings is 4. The number of rotatable bonds is 6. The fourth-order valence-electron chi connectivity index (χ4n) is 4.19. The second-order valence-electron chi connectivity index (χ2n) is 8.51. The second-order valence-corrected chi connectivity index (χ2v) is 9.87. The predicted octanol–water partition coefficient (Wildman–Crippen LogP) is 8.81. The average molecular weight is 553 g/mol.